The Labute approximate surface area is 297 Å². The molecule has 1 saturated carbocycles. The quantitative estimate of drug-likeness (QED) is 0.267. The average Bonchev–Trinajstić information content (AvgIpc) is 3.68. The lowest BCUT2D eigenvalue weighted by molar-refractivity contribution is -0.128. The molecule has 1 aliphatic carbocycles. The van der Waals surface area contributed by atoms with Crippen LogP contribution in [0, 0.1) is 11.2 Å². The first kappa shape index (κ1) is 32.9. The molecule has 7 heterocycles. The highest BCUT2D eigenvalue weighted by Crippen LogP contribution is 2.52. The number of nitrogens with one attached hydrogen (secondary N) is 1. The van der Waals surface area contributed by atoms with Crippen molar-refractivity contribution >= 4 is 34.1 Å². The first-order chi connectivity index (χ1) is 24.5. The molecule has 12 heteroatoms. The van der Waals surface area contributed by atoms with E-state index in [2.05, 4.69) is 70.9 Å². The van der Waals surface area contributed by atoms with Gasteiger partial charge < -0.3 is 24.6 Å². The number of amides is 1. The van der Waals surface area contributed by atoms with Gasteiger partial charge in [-0.2, -0.15) is 0 Å². The van der Waals surface area contributed by atoms with Crippen molar-refractivity contribution in [3.05, 3.63) is 60.4 Å². The van der Waals surface area contributed by atoms with Gasteiger partial charge >= 0.3 is 0 Å². The van der Waals surface area contributed by atoms with E-state index in [9.17, 15) is 14.3 Å². The number of aliphatic hydroxyl groups excluding tert-OH is 1. The summed E-state index contributed by atoms with van der Waals surface area (Å²) in [6, 6.07) is 11.0. The van der Waals surface area contributed by atoms with Crippen LogP contribution in [0.1, 0.15) is 65.0 Å². The van der Waals surface area contributed by atoms with E-state index in [0.29, 0.717) is 30.1 Å². The smallest absolute Gasteiger partial charge is 0.238 e. The second-order valence-electron chi connectivity index (χ2n) is 16.4. The Morgan fingerprint density at radius 1 is 1.04 bits per heavy atom. The van der Waals surface area contributed by atoms with Crippen molar-refractivity contribution in [3.63, 3.8) is 0 Å². The zero-order valence-corrected chi connectivity index (χ0v) is 29.8. The fourth-order valence-electron chi connectivity index (χ4n) is 9.10. The van der Waals surface area contributed by atoms with Gasteiger partial charge in [-0.05, 0) is 76.4 Å². The Bertz CT molecular complexity index is 2000. The number of nitrogens with zero attached hydrogens (tertiary/aromatic N) is 7. The van der Waals surface area contributed by atoms with Crippen LogP contribution < -0.4 is 10.2 Å². The van der Waals surface area contributed by atoms with Gasteiger partial charge in [0.2, 0.25) is 5.91 Å². The van der Waals surface area contributed by atoms with Gasteiger partial charge in [0.1, 0.15) is 5.52 Å². The van der Waals surface area contributed by atoms with Crippen LogP contribution in [0.5, 0.6) is 0 Å². The van der Waals surface area contributed by atoms with E-state index >= 15 is 0 Å². The van der Waals surface area contributed by atoms with Gasteiger partial charge in [-0.3, -0.25) is 19.6 Å². The summed E-state index contributed by atoms with van der Waals surface area (Å²) in [5.74, 6) is 0.264. The van der Waals surface area contributed by atoms with Gasteiger partial charge in [-0.1, -0.05) is 26.0 Å². The maximum absolute atomic E-state index is 14.8. The standard InChI is InChI=1S/C39H47FN8O3/c1-23(2)47-22-42-32-16-31(44-36(35(32)47)43-30-7-10-41-17-29(30)40)24-5-6-28-33(13-24)48(26-14-25(15-26)46-18-34(49)38(3,4)21-46)37(50)39(28)8-11-45(12-9-39)27-19-51-20-27/h5-7,10,13,16-17,22-23,25-27,34,49H,8-9,11-12,14-15,18-21H2,1-4H3,(H,41,43,44). The molecule has 2 N–H and O–H groups in total. The highest BCUT2D eigenvalue weighted by atomic mass is 19.1. The molecule has 4 aliphatic heterocycles. The largest absolute Gasteiger partial charge is 0.391 e. The zero-order chi connectivity index (χ0) is 35.2. The van der Waals surface area contributed by atoms with E-state index in [1.807, 2.05) is 10.6 Å². The van der Waals surface area contributed by atoms with Crippen molar-refractivity contribution in [1.29, 1.82) is 0 Å². The lowest BCUT2D eigenvalue weighted by atomic mass is 9.73. The van der Waals surface area contributed by atoms with Gasteiger partial charge in [-0.25, -0.2) is 14.4 Å². The zero-order valence-electron chi connectivity index (χ0n) is 29.8. The molecule has 1 aromatic carbocycles. The number of rotatable bonds is 7. The van der Waals surface area contributed by atoms with Crippen molar-refractivity contribution in [3.8, 4) is 11.3 Å². The fourth-order valence-corrected chi connectivity index (χ4v) is 9.10. The van der Waals surface area contributed by atoms with Crippen molar-refractivity contribution in [1.82, 2.24) is 29.3 Å². The summed E-state index contributed by atoms with van der Waals surface area (Å²) in [5, 5.41) is 13.9. The number of fused-ring (bicyclic) bond motifs is 3. The molecule has 1 amide bonds. The molecule has 9 rings (SSSR count). The number of imidazole rings is 1. The van der Waals surface area contributed by atoms with Gasteiger partial charge in [0, 0.05) is 54.1 Å². The molecule has 1 unspecified atom stereocenters. The van der Waals surface area contributed by atoms with Crippen LogP contribution in [0.25, 0.3) is 22.3 Å². The molecule has 4 fully saturated rings. The molecule has 4 aromatic rings. The van der Waals surface area contributed by atoms with E-state index in [4.69, 9.17) is 14.7 Å². The van der Waals surface area contributed by atoms with Crippen LogP contribution >= 0.6 is 0 Å². The molecule has 3 saturated heterocycles. The molecule has 268 valence electrons. The van der Waals surface area contributed by atoms with Gasteiger partial charge in [-0.15, -0.1) is 0 Å². The summed E-state index contributed by atoms with van der Waals surface area (Å²) < 4.78 is 22.4. The highest BCUT2D eigenvalue weighted by Gasteiger charge is 2.56. The maximum Gasteiger partial charge on any atom is 0.238 e. The maximum atomic E-state index is 14.8. The second kappa shape index (κ2) is 12.0. The second-order valence-corrected chi connectivity index (χ2v) is 16.4. The van der Waals surface area contributed by atoms with E-state index < -0.39 is 11.2 Å². The van der Waals surface area contributed by atoms with Crippen LogP contribution in [0.4, 0.5) is 21.6 Å². The number of β-amino-alcohol motifs (C(OH)–C–C–N with tert-alkyl or cyclic N) is 1. The number of likely N-dealkylation sites (tertiary alicyclic amines) is 2. The number of hydrogen-bond acceptors (Lipinski definition) is 9. The Kier molecular flexibility index (Phi) is 7.77. The van der Waals surface area contributed by atoms with Crippen LogP contribution in [-0.2, 0) is 14.9 Å². The minimum Gasteiger partial charge on any atom is -0.391 e. The molecule has 0 bridgehead atoms. The van der Waals surface area contributed by atoms with Gasteiger partial charge in [0.15, 0.2) is 11.6 Å². The summed E-state index contributed by atoms with van der Waals surface area (Å²) in [4.78, 5) is 35.6. The number of pyridine rings is 2. The number of hydrogen-bond donors (Lipinski definition) is 2. The number of aromatic nitrogens is 4. The lowest BCUT2D eigenvalue weighted by Gasteiger charge is -2.47. The SMILES string of the molecule is CC(C)n1cnc2cc(-c3ccc4c(c3)N(C3CC(N5CC(O)C(C)(C)C5)C3)C(=O)C43CCN(C4COC4)CC3)nc(Nc3ccncc3F)c21. The fraction of sp³-hybridized carbons (Fsp3) is 0.538. The summed E-state index contributed by atoms with van der Waals surface area (Å²) in [5.41, 5.74) is 4.82. The molecular formula is C39H47FN8O3. The first-order valence-electron chi connectivity index (χ1n) is 18.5. The number of carbonyl (C=O) groups excluding carboxylic acids is 1. The van der Waals surface area contributed by atoms with Crippen LogP contribution in [0.2, 0.25) is 0 Å². The summed E-state index contributed by atoms with van der Waals surface area (Å²) in [7, 11) is 0. The molecule has 0 radical (unpaired) electrons. The molecule has 51 heavy (non-hydrogen) atoms. The number of halogens is 1. The summed E-state index contributed by atoms with van der Waals surface area (Å²) in [6.45, 7) is 13.3. The van der Waals surface area contributed by atoms with Crippen molar-refractivity contribution in [2.24, 2.45) is 5.41 Å². The Balaban J connectivity index is 1.09. The van der Waals surface area contributed by atoms with E-state index in [1.54, 1.807) is 18.6 Å². The number of aliphatic hydroxyl groups is 1. The number of ether oxygens (including phenoxy) is 1. The minimum atomic E-state index is -0.551. The van der Waals surface area contributed by atoms with Crippen molar-refractivity contribution < 1.29 is 19.0 Å². The molecule has 1 spiro atoms. The predicted molar refractivity (Wildman–Crippen MR) is 194 cm³/mol. The van der Waals surface area contributed by atoms with Gasteiger partial charge in [0.25, 0.3) is 0 Å². The minimum absolute atomic E-state index is 0.0962. The summed E-state index contributed by atoms with van der Waals surface area (Å²) >= 11 is 0. The molecular weight excluding hydrogens is 647 g/mol. The van der Waals surface area contributed by atoms with Crippen molar-refractivity contribution in [2.45, 2.75) is 89.1 Å². The third-order valence-electron chi connectivity index (χ3n) is 12.5. The van der Waals surface area contributed by atoms with E-state index in [1.165, 1.54) is 6.20 Å². The topological polar surface area (TPSA) is 112 Å². The molecule has 1 atom stereocenters. The first-order valence-corrected chi connectivity index (χ1v) is 18.5. The number of carbonyl (C=O) groups is 1. The van der Waals surface area contributed by atoms with Crippen LogP contribution in [0.3, 0.4) is 0 Å². The Morgan fingerprint density at radius 3 is 2.49 bits per heavy atom. The summed E-state index contributed by atoms with van der Waals surface area (Å²) in [6.07, 6.45) is 7.56. The monoisotopic (exact) mass is 694 g/mol. The van der Waals surface area contributed by atoms with Crippen molar-refractivity contribution in [2.75, 3.05) is 49.6 Å². The Hall–Kier alpha value is -3.97. The molecule has 5 aliphatic rings. The lowest BCUT2D eigenvalue weighted by Crippen LogP contribution is -2.59. The van der Waals surface area contributed by atoms with E-state index in [-0.39, 0.29) is 35.2 Å². The van der Waals surface area contributed by atoms with Gasteiger partial charge in [0.05, 0.1) is 60.2 Å². The number of piperidine rings is 1. The normalized spacial score (nSPS) is 26.2. The third kappa shape index (κ3) is 5.28. The number of anilines is 3. The van der Waals surface area contributed by atoms with Crippen LogP contribution in [-0.4, -0.2) is 104 Å². The van der Waals surface area contributed by atoms with E-state index in [0.717, 1.165) is 86.4 Å². The third-order valence-corrected chi connectivity index (χ3v) is 12.5. The number of benzene rings is 1. The predicted octanol–water partition coefficient (Wildman–Crippen LogP) is 5.27. The average molecular weight is 695 g/mol. The molecule has 11 nitrogen and oxygen atoms in total. The highest BCUT2D eigenvalue weighted by molar-refractivity contribution is 6.09. The Morgan fingerprint density at radius 2 is 1.82 bits per heavy atom. The molecule has 3 aromatic heterocycles. The van der Waals surface area contributed by atoms with Crippen LogP contribution in [0.15, 0.2) is 49.1 Å².